The zero-order chi connectivity index (χ0) is 24.5. The number of carbonyl (C=O) groups excluding carboxylic acids is 1. The maximum absolute atomic E-state index is 13.7. The lowest BCUT2D eigenvalue weighted by molar-refractivity contribution is 0.0943. The number of para-hydroxylation sites is 2. The standard InChI is InChI=1S/C26H23ClN6O3/c27-18-13-17(14-28-15-18)23-24-19(5-6-29-23)25(32-7-10-35-11-8-32)20(16-30-24)26(34)31-33-9-12-36-22-4-2-1-3-21(22)33/h1-6,13-16H,7-12H2,(H,31,34). The Balaban J connectivity index is 1.44. The van der Waals surface area contributed by atoms with Crippen LogP contribution in [0.1, 0.15) is 10.4 Å². The van der Waals surface area contributed by atoms with Gasteiger partial charge in [0.15, 0.2) is 0 Å². The summed E-state index contributed by atoms with van der Waals surface area (Å²) < 4.78 is 11.3. The summed E-state index contributed by atoms with van der Waals surface area (Å²) in [6.07, 6.45) is 6.64. The van der Waals surface area contributed by atoms with Gasteiger partial charge in [-0.2, -0.15) is 0 Å². The number of pyridine rings is 3. The number of rotatable bonds is 4. The third-order valence-electron chi connectivity index (χ3n) is 6.27. The molecule has 0 atom stereocenters. The first-order valence-corrected chi connectivity index (χ1v) is 12.1. The molecule has 0 saturated carbocycles. The van der Waals surface area contributed by atoms with E-state index in [2.05, 4.69) is 20.3 Å². The number of hydrazine groups is 1. The maximum atomic E-state index is 13.7. The second-order valence-corrected chi connectivity index (χ2v) is 8.91. The van der Waals surface area contributed by atoms with Gasteiger partial charge in [-0.15, -0.1) is 0 Å². The van der Waals surface area contributed by atoms with Crippen molar-refractivity contribution >= 4 is 39.8 Å². The first kappa shape index (κ1) is 22.5. The number of halogens is 1. The molecule has 6 rings (SSSR count). The van der Waals surface area contributed by atoms with Crippen molar-refractivity contribution in [2.45, 2.75) is 0 Å². The predicted octanol–water partition coefficient (Wildman–Crippen LogP) is 3.73. The van der Waals surface area contributed by atoms with Crippen LogP contribution >= 0.6 is 11.6 Å². The van der Waals surface area contributed by atoms with Crippen molar-refractivity contribution in [3.63, 3.8) is 0 Å². The van der Waals surface area contributed by atoms with Crippen LogP contribution in [0.3, 0.4) is 0 Å². The minimum Gasteiger partial charge on any atom is -0.489 e. The molecule has 1 amide bonds. The number of ether oxygens (including phenoxy) is 2. The molecule has 0 unspecified atom stereocenters. The Hall–Kier alpha value is -3.95. The summed E-state index contributed by atoms with van der Waals surface area (Å²) in [5.41, 5.74) is 7.26. The lowest BCUT2D eigenvalue weighted by Crippen LogP contribution is -2.47. The third-order valence-corrected chi connectivity index (χ3v) is 6.48. The summed E-state index contributed by atoms with van der Waals surface area (Å²) in [7, 11) is 0. The van der Waals surface area contributed by atoms with Gasteiger partial charge in [-0.3, -0.25) is 30.2 Å². The number of hydrogen-bond acceptors (Lipinski definition) is 8. The summed E-state index contributed by atoms with van der Waals surface area (Å²) in [5, 5.41) is 3.17. The van der Waals surface area contributed by atoms with Crippen LogP contribution in [-0.2, 0) is 4.74 Å². The predicted molar refractivity (Wildman–Crippen MR) is 138 cm³/mol. The van der Waals surface area contributed by atoms with E-state index in [9.17, 15) is 4.79 Å². The smallest absolute Gasteiger partial charge is 0.273 e. The summed E-state index contributed by atoms with van der Waals surface area (Å²) in [4.78, 5) is 29.3. The number of anilines is 2. The highest BCUT2D eigenvalue weighted by molar-refractivity contribution is 6.30. The number of aromatic nitrogens is 3. The molecule has 182 valence electrons. The van der Waals surface area contributed by atoms with E-state index in [1.54, 1.807) is 24.8 Å². The molecule has 1 saturated heterocycles. The molecule has 1 N–H and O–H groups in total. The molecule has 9 nitrogen and oxygen atoms in total. The van der Waals surface area contributed by atoms with E-state index < -0.39 is 0 Å². The van der Waals surface area contributed by atoms with E-state index in [4.69, 9.17) is 26.1 Å². The number of nitrogens with one attached hydrogen (secondary N) is 1. The summed E-state index contributed by atoms with van der Waals surface area (Å²) >= 11 is 6.19. The molecular weight excluding hydrogens is 480 g/mol. The Morgan fingerprint density at radius 1 is 1.00 bits per heavy atom. The molecule has 0 aliphatic carbocycles. The lowest BCUT2D eigenvalue weighted by Gasteiger charge is -2.33. The van der Waals surface area contributed by atoms with Gasteiger partial charge in [0.25, 0.3) is 5.91 Å². The zero-order valence-electron chi connectivity index (χ0n) is 19.4. The van der Waals surface area contributed by atoms with E-state index in [1.165, 1.54) is 0 Å². The average Bonchev–Trinajstić information content (AvgIpc) is 2.92. The minimum absolute atomic E-state index is 0.245. The molecule has 4 aromatic rings. The second kappa shape index (κ2) is 9.60. The topological polar surface area (TPSA) is 92.7 Å². The number of fused-ring (bicyclic) bond motifs is 2. The SMILES string of the molecule is O=C(NN1CCOc2ccccc21)c1cnc2c(-c3cncc(Cl)c3)nccc2c1N1CCOCC1. The van der Waals surface area contributed by atoms with Crippen LogP contribution in [0.15, 0.2) is 61.2 Å². The molecule has 0 bridgehead atoms. The van der Waals surface area contributed by atoms with Crippen molar-refractivity contribution in [1.29, 1.82) is 0 Å². The van der Waals surface area contributed by atoms with E-state index in [0.717, 1.165) is 28.1 Å². The fourth-order valence-electron chi connectivity index (χ4n) is 4.63. The normalized spacial score (nSPS) is 15.4. The van der Waals surface area contributed by atoms with Gasteiger partial charge < -0.3 is 14.4 Å². The second-order valence-electron chi connectivity index (χ2n) is 8.48. The molecule has 5 heterocycles. The number of amides is 1. The van der Waals surface area contributed by atoms with E-state index in [-0.39, 0.29) is 5.91 Å². The molecular formula is C26H23ClN6O3. The van der Waals surface area contributed by atoms with E-state index in [1.807, 2.05) is 41.4 Å². The Bertz CT molecular complexity index is 1440. The fourth-order valence-corrected chi connectivity index (χ4v) is 4.80. The van der Waals surface area contributed by atoms with Crippen LogP contribution in [0.2, 0.25) is 5.02 Å². The van der Waals surface area contributed by atoms with E-state index >= 15 is 0 Å². The number of benzene rings is 1. The van der Waals surface area contributed by atoms with Crippen LogP contribution in [-0.4, -0.2) is 60.3 Å². The maximum Gasteiger partial charge on any atom is 0.273 e. The highest BCUT2D eigenvalue weighted by Gasteiger charge is 2.26. The fraction of sp³-hybridized carbons (Fsp3) is 0.231. The number of hydrogen-bond donors (Lipinski definition) is 1. The monoisotopic (exact) mass is 502 g/mol. The van der Waals surface area contributed by atoms with Crippen molar-refractivity contribution in [2.75, 3.05) is 49.4 Å². The zero-order valence-corrected chi connectivity index (χ0v) is 20.1. The number of morpholine rings is 1. The molecule has 2 aliphatic rings. The number of carbonyl (C=O) groups is 1. The van der Waals surface area contributed by atoms with Gasteiger partial charge in [0.1, 0.15) is 12.4 Å². The Morgan fingerprint density at radius 3 is 2.72 bits per heavy atom. The Labute approximate surface area is 212 Å². The molecule has 0 spiro atoms. The third kappa shape index (κ3) is 4.16. The minimum atomic E-state index is -0.245. The van der Waals surface area contributed by atoms with Crippen molar-refractivity contribution < 1.29 is 14.3 Å². The summed E-state index contributed by atoms with van der Waals surface area (Å²) in [6.45, 7) is 3.50. The van der Waals surface area contributed by atoms with Gasteiger partial charge in [0.05, 0.1) is 52.9 Å². The van der Waals surface area contributed by atoms with Crippen LogP contribution < -0.4 is 20.1 Å². The summed E-state index contributed by atoms with van der Waals surface area (Å²) in [6, 6.07) is 11.4. The Morgan fingerprint density at radius 2 is 1.86 bits per heavy atom. The molecule has 0 radical (unpaired) electrons. The quantitative estimate of drug-likeness (QED) is 0.451. The largest absolute Gasteiger partial charge is 0.489 e. The van der Waals surface area contributed by atoms with E-state index in [0.29, 0.717) is 61.3 Å². The van der Waals surface area contributed by atoms with Crippen LogP contribution in [0, 0.1) is 0 Å². The highest BCUT2D eigenvalue weighted by atomic mass is 35.5. The first-order valence-electron chi connectivity index (χ1n) is 11.7. The van der Waals surface area contributed by atoms with Gasteiger partial charge >= 0.3 is 0 Å². The molecule has 36 heavy (non-hydrogen) atoms. The molecule has 3 aromatic heterocycles. The van der Waals surface area contributed by atoms with Crippen LogP contribution in [0.5, 0.6) is 5.75 Å². The molecule has 1 aromatic carbocycles. The van der Waals surface area contributed by atoms with Crippen molar-refractivity contribution in [2.24, 2.45) is 0 Å². The molecule has 10 heteroatoms. The van der Waals surface area contributed by atoms with Crippen molar-refractivity contribution in [1.82, 2.24) is 20.4 Å². The number of nitrogens with zero attached hydrogens (tertiary/aromatic N) is 5. The van der Waals surface area contributed by atoms with Gasteiger partial charge in [0, 0.05) is 48.8 Å². The lowest BCUT2D eigenvalue weighted by atomic mass is 10.0. The van der Waals surface area contributed by atoms with Gasteiger partial charge in [-0.05, 0) is 24.3 Å². The van der Waals surface area contributed by atoms with Gasteiger partial charge in [-0.25, -0.2) is 0 Å². The van der Waals surface area contributed by atoms with Crippen molar-refractivity contribution in [3.05, 3.63) is 71.8 Å². The van der Waals surface area contributed by atoms with Crippen LogP contribution in [0.4, 0.5) is 11.4 Å². The summed E-state index contributed by atoms with van der Waals surface area (Å²) in [5.74, 6) is 0.491. The average molecular weight is 503 g/mol. The Kier molecular flexibility index (Phi) is 6.00. The molecule has 1 fully saturated rings. The van der Waals surface area contributed by atoms with Crippen LogP contribution in [0.25, 0.3) is 22.2 Å². The first-order chi connectivity index (χ1) is 17.7. The van der Waals surface area contributed by atoms with Crippen molar-refractivity contribution in [3.8, 4) is 17.0 Å². The molecule has 2 aliphatic heterocycles. The van der Waals surface area contributed by atoms with Gasteiger partial charge in [-0.1, -0.05) is 23.7 Å². The van der Waals surface area contributed by atoms with Gasteiger partial charge in [0.2, 0.25) is 0 Å². The highest BCUT2D eigenvalue weighted by Crippen LogP contribution is 2.35.